The monoisotopic (exact) mass is 276 g/mol. The van der Waals surface area contributed by atoms with Crippen molar-refractivity contribution in [2.75, 3.05) is 26.3 Å². The Bertz CT molecular complexity index is 504. The van der Waals surface area contributed by atoms with Gasteiger partial charge in [0.05, 0.1) is 5.92 Å². The number of carbonyl (C=O) groups excluding carboxylic acids is 1. The molecule has 0 radical (unpaired) electrons. The Hall–Kier alpha value is -1.75. The minimum absolute atomic E-state index is 0.0761. The summed E-state index contributed by atoms with van der Waals surface area (Å²) in [7, 11) is 0. The van der Waals surface area contributed by atoms with Crippen LogP contribution in [0.5, 0.6) is 11.5 Å². The van der Waals surface area contributed by atoms with Gasteiger partial charge in [0.1, 0.15) is 13.2 Å². The first kappa shape index (κ1) is 13.2. The van der Waals surface area contributed by atoms with E-state index in [0.29, 0.717) is 25.7 Å². The van der Waals surface area contributed by atoms with Crippen LogP contribution in [0.4, 0.5) is 0 Å². The Labute approximate surface area is 118 Å². The van der Waals surface area contributed by atoms with Crippen molar-refractivity contribution in [3.8, 4) is 11.5 Å². The standard InChI is InChI=1S/C15H20N2O3/c1-10-7-16-9-12(10)15(18)17-8-11-2-3-13-14(6-11)20-5-4-19-13/h2-3,6,10,12,16H,4-5,7-9H2,1H3,(H,17,18)/t10-,12-/m1/s1. The zero-order valence-corrected chi connectivity index (χ0v) is 11.6. The van der Waals surface area contributed by atoms with Crippen molar-refractivity contribution in [3.63, 3.8) is 0 Å². The number of amides is 1. The highest BCUT2D eigenvalue weighted by molar-refractivity contribution is 5.79. The van der Waals surface area contributed by atoms with Gasteiger partial charge in [0.2, 0.25) is 5.91 Å². The van der Waals surface area contributed by atoms with Gasteiger partial charge >= 0.3 is 0 Å². The summed E-state index contributed by atoms with van der Waals surface area (Å²) in [4.78, 5) is 12.1. The van der Waals surface area contributed by atoms with Crippen molar-refractivity contribution in [1.82, 2.24) is 10.6 Å². The van der Waals surface area contributed by atoms with E-state index in [1.54, 1.807) is 0 Å². The second-order valence-corrected chi connectivity index (χ2v) is 5.44. The fourth-order valence-corrected chi connectivity index (χ4v) is 2.68. The maximum Gasteiger partial charge on any atom is 0.224 e. The van der Waals surface area contributed by atoms with E-state index in [1.807, 2.05) is 18.2 Å². The van der Waals surface area contributed by atoms with Crippen LogP contribution in [-0.4, -0.2) is 32.2 Å². The maximum atomic E-state index is 12.1. The molecule has 2 heterocycles. The summed E-state index contributed by atoms with van der Waals surface area (Å²) in [5.41, 5.74) is 1.03. The minimum Gasteiger partial charge on any atom is -0.486 e. The zero-order chi connectivity index (χ0) is 13.9. The van der Waals surface area contributed by atoms with E-state index in [0.717, 1.165) is 30.2 Å². The van der Waals surface area contributed by atoms with Crippen molar-refractivity contribution in [3.05, 3.63) is 23.8 Å². The summed E-state index contributed by atoms with van der Waals surface area (Å²) in [6.45, 7) is 5.49. The summed E-state index contributed by atoms with van der Waals surface area (Å²) in [5.74, 6) is 2.14. The van der Waals surface area contributed by atoms with Crippen LogP contribution in [0.2, 0.25) is 0 Å². The molecule has 0 spiro atoms. The predicted molar refractivity (Wildman–Crippen MR) is 74.8 cm³/mol. The topological polar surface area (TPSA) is 59.6 Å². The van der Waals surface area contributed by atoms with E-state index in [1.165, 1.54) is 0 Å². The zero-order valence-electron chi connectivity index (χ0n) is 11.6. The predicted octanol–water partition coefficient (Wildman–Crippen LogP) is 0.929. The summed E-state index contributed by atoms with van der Waals surface area (Å²) in [6.07, 6.45) is 0. The SMILES string of the molecule is C[C@@H]1CNC[C@H]1C(=O)NCc1ccc2c(c1)OCCO2. The van der Waals surface area contributed by atoms with Gasteiger partial charge in [-0.1, -0.05) is 13.0 Å². The molecule has 5 nitrogen and oxygen atoms in total. The van der Waals surface area contributed by atoms with Gasteiger partial charge in [-0.25, -0.2) is 0 Å². The van der Waals surface area contributed by atoms with Gasteiger partial charge in [0.15, 0.2) is 11.5 Å². The van der Waals surface area contributed by atoms with Gasteiger partial charge in [-0.05, 0) is 30.2 Å². The van der Waals surface area contributed by atoms with Gasteiger partial charge in [-0.2, -0.15) is 0 Å². The molecule has 1 aromatic carbocycles. The Kier molecular flexibility index (Phi) is 3.78. The van der Waals surface area contributed by atoms with E-state index < -0.39 is 0 Å². The number of rotatable bonds is 3. The van der Waals surface area contributed by atoms with Crippen LogP contribution < -0.4 is 20.1 Å². The molecule has 2 aliphatic heterocycles. The van der Waals surface area contributed by atoms with Crippen LogP contribution in [0.25, 0.3) is 0 Å². The third kappa shape index (κ3) is 2.72. The maximum absolute atomic E-state index is 12.1. The molecule has 0 saturated carbocycles. The molecule has 5 heteroatoms. The molecule has 1 fully saturated rings. The first-order valence-electron chi connectivity index (χ1n) is 7.11. The molecule has 0 bridgehead atoms. The molecule has 108 valence electrons. The van der Waals surface area contributed by atoms with E-state index >= 15 is 0 Å². The molecule has 0 unspecified atom stereocenters. The Morgan fingerprint density at radius 1 is 1.30 bits per heavy atom. The third-order valence-electron chi connectivity index (χ3n) is 3.93. The first-order chi connectivity index (χ1) is 9.74. The van der Waals surface area contributed by atoms with E-state index in [2.05, 4.69) is 17.6 Å². The lowest BCUT2D eigenvalue weighted by Gasteiger charge is -2.19. The van der Waals surface area contributed by atoms with Crippen molar-refractivity contribution >= 4 is 5.91 Å². The van der Waals surface area contributed by atoms with E-state index in [4.69, 9.17) is 9.47 Å². The summed E-state index contributed by atoms with van der Waals surface area (Å²) in [6, 6.07) is 5.80. The fraction of sp³-hybridized carbons (Fsp3) is 0.533. The second-order valence-electron chi connectivity index (χ2n) is 5.44. The normalized spacial score (nSPS) is 24.4. The Morgan fingerprint density at radius 3 is 2.85 bits per heavy atom. The molecule has 2 aliphatic rings. The second kappa shape index (κ2) is 5.71. The fourth-order valence-electron chi connectivity index (χ4n) is 2.68. The van der Waals surface area contributed by atoms with Crippen LogP contribution in [0.1, 0.15) is 12.5 Å². The molecule has 0 aliphatic carbocycles. The number of benzene rings is 1. The average Bonchev–Trinajstić information content (AvgIpc) is 2.91. The number of ether oxygens (including phenoxy) is 2. The molecule has 2 N–H and O–H groups in total. The Balaban J connectivity index is 1.59. The summed E-state index contributed by atoms with van der Waals surface area (Å²) in [5, 5.41) is 6.25. The highest BCUT2D eigenvalue weighted by Crippen LogP contribution is 2.30. The van der Waals surface area contributed by atoms with Crippen molar-refractivity contribution in [2.24, 2.45) is 11.8 Å². The Morgan fingerprint density at radius 2 is 2.10 bits per heavy atom. The van der Waals surface area contributed by atoms with E-state index in [-0.39, 0.29) is 11.8 Å². The highest BCUT2D eigenvalue weighted by atomic mass is 16.6. The minimum atomic E-state index is 0.0761. The molecule has 0 aromatic heterocycles. The average molecular weight is 276 g/mol. The molecule has 1 aromatic rings. The molecule has 3 rings (SSSR count). The third-order valence-corrected chi connectivity index (χ3v) is 3.93. The van der Waals surface area contributed by atoms with Crippen LogP contribution in [0, 0.1) is 11.8 Å². The van der Waals surface area contributed by atoms with Crippen molar-refractivity contribution in [1.29, 1.82) is 0 Å². The summed E-state index contributed by atoms with van der Waals surface area (Å²) < 4.78 is 11.0. The number of nitrogens with one attached hydrogen (secondary N) is 2. The van der Waals surface area contributed by atoms with Gasteiger partial charge in [0.25, 0.3) is 0 Å². The summed E-state index contributed by atoms with van der Waals surface area (Å²) >= 11 is 0. The van der Waals surface area contributed by atoms with Crippen LogP contribution in [0.3, 0.4) is 0 Å². The first-order valence-corrected chi connectivity index (χ1v) is 7.11. The highest BCUT2D eigenvalue weighted by Gasteiger charge is 2.29. The van der Waals surface area contributed by atoms with Crippen molar-refractivity contribution in [2.45, 2.75) is 13.5 Å². The lowest BCUT2D eigenvalue weighted by atomic mass is 9.97. The molecule has 2 atom stereocenters. The van der Waals surface area contributed by atoms with Gasteiger partial charge in [-0.3, -0.25) is 4.79 Å². The molecule has 1 saturated heterocycles. The number of hydrogen-bond acceptors (Lipinski definition) is 4. The quantitative estimate of drug-likeness (QED) is 0.862. The van der Waals surface area contributed by atoms with Crippen LogP contribution in [-0.2, 0) is 11.3 Å². The molecule has 1 amide bonds. The van der Waals surface area contributed by atoms with Gasteiger partial charge in [0, 0.05) is 13.1 Å². The lowest BCUT2D eigenvalue weighted by Crippen LogP contribution is -2.33. The molecular formula is C15H20N2O3. The van der Waals surface area contributed by atoms with Crippen LogP contribution in [0.15, 0.2) is 18.2 Å². The van der Waals surface area contributed by atoms with Crippen LogP contribution >= 0.6 is 0 Å². The number of fused-ring (bicyclic) bond motifs is 1. The van der Waals surface area contributed by atoms with Gasteiger partial charge < -0.3 is 20.1 Å². The van der Waals surface area contributed by atoms with E-state index in [9.17, 15) is 4.79 Å². The molecular weight excluding hydrogens is 256 g/mol. The molecule has 20 heavy (non-hydrogen) atoms. The largest absolute Gasteiger partial charge is 0.486 e. The number of hydrogen-bond donors (Lipinski definition) is 2. The van der Waals surface area contributed by atoms with Crippen molar-refractivity contribution < 1.29 is 14.3 Å². The lowest BCUT2D eigenvalue weighted by molar-refractivity contribution is -0.125. The number of carbonyl (C=O) groups is 1. The van der Waals surface area contributed by atoms with Gasteiger partial charge in [-0.15, -0.1) is 0 Å². The smallest absolute Gasteiger partial charge is 0.224 e.